The van der Waals surface area contributed by atoms with Gasteiger partial charge in [-0.15, -0.1) is 0 Å². The van der Waals surface area contributed by atoms with Crippen LogP contribution in [0.5, 0.6) is 0 Å². The monoisotopic (exact) mass is 278 g/mol. The lowest BCUT2D eigenvalue weighted by atomic mass is 9.99. The first kappa shape index (κ1) is 14.6. The number of likely N-dealkylation sites (tertiary alicyclic amines) is 1. The van der Waals surface area contributed by atoms with E-state index in [-0.39, 0.29) is 5.91 Å². The van der Waals surface area contributed by atoms with Crippen LogP contribution in [0, 0.1) is 5.92 Å². The Kier molecular flexibility index (Phi) is 4.47. The fraction of sp³-hybridized carbons (Fsp3) is 0.600. The minimum Gasteiger partial charge on any atom is -0.448 e. The van der Waals surface area contributed by atoms with Crippen molar-refractivity contribution in [2.75, 3.05) is 13.1 Å². The second-order valence-corrected chi connectivity index (χ2v) is 5.56. The van der Waals surface area contributed by atoms with Crippen LogP contribution in [0.4, 0.5) is 0 Å². The van der Waals surface area contributed by atoms with E-state index in [1.807, 2.05) is 0 Å². The molecule has 1 aliphatic rings. The van der Waals surface area contributed by atoms with Gasteiger partial charge in [0.05, 0.1) is 0 Å². The van der Waals surface area contributed by atoms with E-state index >= 15 is 0 Å². The molecular weight excluding hydrogens is 256 g/mol. The van der Waals surface area contributed by atoms with Crippen molar-refractivity contribution in [3.05, 3.63) is 24.0 Å². The van der Waals surface area contributed by atoms with Crippen molar-refractivity contribution in [1.82, 2.24) is 9.47 Å². The number of rotatable bonds is 3. The lowest BCUT2D eigenvalue weighted by Gasteiger charge is -2.31. The van der Waals surface area contributed by atoms with Crippen LogP contribution in [-0.2, 0) is 16.6 Å². The second-order valence-electron chi connectivity index (χ2n) is 5.56. The first-order valence-corrected chi connectivity index (χ1v) is 7.10. The van der Waals surface area contributed by atoms with Crippen molar-refractivity contribution < 1.29 is 14.3 Å². The number of carbonyl (C=O) groups excluding carboxylic acids is 2. The van der Waals surface area contributed by atoms with E-state index in [0.29, 0.717) is 11.6 Å². The summed E-state index contributed by atoms with van der Waals surface area (Å²) >= 11 is 0. The maximum absolute atomic E-state index is 12.2. The lowest BCUT2D eigenvalue weighted by Crippen LogP contribution is -2.44. The summed E-state index contributed by atoms with van der Waals surface area (Å²) in [5.41, 5.74) is 0.455. The van der Waals surface area contributed by atoms with Gasteiger partial charge in [0.15, 0.2) is 6.10 Å². The van der Waals surface area contributed by atoms with Crippen molar-refractivity contribution in [3.63, 3.8) is 0 Å². The average Bonchev–Trinajstić information content (AvgIpc) is 2.85. The molecule has 2 rings (SSSR count). The SMILES string of the molecule is CC1CCN(C(=O)[C@@H](C)OC(=O)c2cccn2C)CC1. The van der Waals surface area contributed by atoms with Crippen LogP contribution in [-0.4, -0.2) is 40.5 Å². The molecule has 1 atom stereocenters. The molecule has 1 fully saturated rings. The summed E-state index contributed by atoms with van der Waals surface area (Å²) in [6.45, 7) is 5.35. The van der Waals surface area contributed by atoms with E-state index in [4.69, 9.17) is 4.74 Å². The molecule has 0 N–H and O–H groups in total. The summed E-state index contributed by atoms with van der Waals surface area (Å²) in [5.74, 6) is 0.114. The minimum atomic E-state index is -0.731. The van der Waals surface area contributed by atoms with Gasteiger partial charge in [-0.1, -0.05) is 6.92 Å². The number of aryl methyl sites for hydroxylation is 1. The van der Waals surface area contributed by atoms with E-state index in [1.165, 1.54) is 0 Å². The summed E-state index contributed by atoms with van der Waals surface area (Å²) in [4.78, 5) is 26.0. The highest BCUT2D eigenvalue weighted by Crippen LogP contribution is 2.17. The number of hydrogen-bond donors (Lipinski definition) is 0. The molecular formula is C15H22N2O3. The topological polar surface area (TPSA) is 51.5 Å². The highest BCUT2D eigenvalue weighted by molar-refractivity contribution is 5.91. The predicted molar refractivity (Wildman–Crippen MR) is 75.3 cm³/mol. The fourth-order valence-electron chi connectivity index (χ4n) is 2.43. The zero-order valence-corrected chi connectivity index (χ0v) is 12.3. The standard InChI is InChI=1S/C15H22N2O3/c1-11-6-9-17(10-7-11)14(18)12(2)20-15(19)13-5-4-8-16(13)3/h4-5,8,11-12H,6-7,9-10H2,1-3H3/t12-/m1/s1. The third-order valence-electron chi connectivity index (χ3n) is 3.88. The summed E-state index contributed by atoms with van der Waals surface area (Å²) < 4.78 is 6.95. The molecule has 110 valence electrons. The third kappa shape index (κ3) is 3.21. The Balaban J connectivity index is 1.91. The molecule has 0 aromatic carbocycles. The Labute approximate surface area is 119 Å². The van der Waals surface area contributed by atoms with E-state index in [0.717, 1.165) is 25.9 Å². The summed E-state index contributed by atoms with van der Waals surface area (Å²) in [7, 11) is 1.77. The molecule has 20 heavy (non-hydrogen) atoms. The van der Waals surface area contributed by atoms with Crippen LogP contribution in [0.15, 0.2) is 18.3 Å². The molecule has 0 bridgehead atoms. The van der Waals surface area contributed by atoms with Crippen LogP contribution < -0.4 is 0 Å². The first-order valence-electron chi connectivity index (χ1n) is 7.10. The first-order chi connectivity index (χ1) is 9.49. The Hall–Kier alpha value is -1.78. The molecule has 0 saturated carbocycles. The third-order valence-corrected chi connectivity index (χ3v) is 3.88. The fourth-order valence-corrected chi connectivity index (χ4v) is 2.43. The van der Waals surface area contributed by atoms with Crippen molar-refractivity contribution in [2.24, 2.45) is 13.0 Å². The number of aromatic nitrogens is 1. The molecule has 0 aliphatic carbocycles. The maximum atomic E-state index is 12.2. The van der Waals surface area contributed by atoms with Crippen molar-refractivity contribution in [2.45, 2.75) is 32.8 Å². The summed E-state index contributed by atoms with van der Waals surface area (Å²) in [5, 5.41) is 0. The molecule has 1 aromatic rings. The van der Waals surface area contributed by atoms with Crippen LogP contribution in [0.1, 0.15) is 37.2 Å². The van der Waals surface area contributed by atoms with Gasteiger partial charge >= 0.3 is 5.97 Å². The number of nitrogens with zero attached hydrogens (tertiary/aromatic N) is 2. The largest absolute Gasteiger partial charge is 0.448 e. The molecule has 0 radical (unpaired) electrons. The summed E-state index contributed by atoms with van der Waals surface area (Å²) in [6.07, 6.45) is 3.08. The Morgan fingerprint density at radius 3 is 2.55 bits per heavy atom. The number of carbonyl (C=O) groups is 2. The van der Waals surface area contributed by atoms with E-state index < -0.39 is 12.1 Å². The van der Waals surface area contributed by atoms with E-state index in [2.05, 4.69) is 6.92 Å². The number of esters is 1. The zero-order valence-electron chi connectivity index (χ0n) is 12.3. The Morgan fingerprint density at radius 1 is 1.35 bits per heavy atom. The number of piperidine rings is 1. The van der Waals surface area contributed by atoms with Crippen molar-refractivity contribution >= 4 is 11.9 Å². The van der Waals surface area contributed by atoms with E-state index in [9.17, 15) is 9.59 Å². The number of hydrogen-bond acceptors (Lipinski definition) is 3. The molecule has 1 saturated heterocycles. The normalized spacial score (nSPS) is 17.9. The van der Waals surface area contributed by atoms with Gasteiger partial charge in [-0.25, -0.2) is 4.79 Å². The van der Waals surface area contributed by atoms with Gasteiger partial charge in [-0.2, -0.15) is 0 Å². The van der Waals surface area contributed by atoms with Gasteiger partial charge in [0.1, 0.15) is 5.69 Å². The van der Waals surface area contributed by atoms with Crippen molar-refractivity contribution in [3.8, 4) is 0 Å². The van der Waals surface area contributed by atoms with Crippen LogP contribution >= 0.6 is 0 Å². The van der Waals surface area contributed by atoms with E-state index in [1.54, 1.807) is 41.8 Å². The van der Waals surface area contributed by atoms with Gasteiger partial charge in [0, 0.05) is 26.3 Å². The molecule has 1 aromatic heterocycles. The average molecular weight is 278 g/mol. The van der Waals surface area contributed by atoms with Crippen LogP contribution in [0.25, 0.3) is 0 Å². The molecule has 5 heteroatoms. The quantitative estimate of drug-likeness (QED) is 0.793. The maximum Gasteiger partial charge on any atom is 0.355 e. The zero-order chi connectivity index (χ0) is 14.7. The highest BCUT2D eigenvalue weighted by Gasteiger charge is 2.27. The molecule has 2 heterocycles. The van der Waals surface area contributed by atoms with Gasteiger partial charge < -0.3 is 14.2 Å². The summed E-state index contributed by atoms with van der Waals surface area (Å²) in [6, 6.07) is 3.46. The van der Waals surface area contributed by atoms with Gasteiger partial charge in [0.25, 0.3) is 5.91 Å². The number of ether oxygens (including phenoxy) is 1. The smallest absolute Gasteiger partial charge is 0.355 e. The van der Waals surface area contributed by atoms with Gasteiger partial charge in [-0.05, 0) is 37.8 Å². The molecule has 5 nitrogen and oxygen atoms in total. The van der Waals surface area contributed by atoms with Gasteiger partial charge in [0.2, 0.25) is 0 Å². The lowest BCUT2D eigenvalue weighted by molar-refractivity contribution is -0.141. The molecule has 1 aliphatic heterocycles. The van der Waals surface area contributed by atoms with Crippen molar-refractivity contribution in [1.29, 1.82) is 0 Å². The van der Waals surface area contributed by atoms with Crippen LogP contribution in [0.2, 0.25) is 0 Å². The Morgan fingerprint density at radius 2 is 2.00 bits per heavy atom. The van der Waals surface area contributed by atoms with Gasteiger partial charge in [-0.3, -0.25) is 4.79 Å². The molecule has 0 spiro atoms. The molecule has 0 unspecified atom stereocenters. The second kappa shape index (κ2) is 6.11. The van der Waals surface area contributed by atoms with Crippen LogP contribution in [0.3, 0.4) is 0 Å². The minimum absolute atomic E-state index is 0.0977. The highest BCUT2D eigenvalue weighted by atomic mass is 16.5. The Bertz CT molecular complexity index is 487. The molecule has 1 amide bonds. The number of amides is 1. The predicted octanol–water partition coefficient (Wildman–Crippen LogP) is 1.83.